The summed E-state index contributed by atoms with van der Waals surface area (Å²) in [6.45, 7) is 5.99. The number of morpholine rings is 1. The Morgan fingerprint density at radius 3 is 2.86 bits per heavy atom. The number of carbonyl (C=O) groups excluding carboxylic acids is 2. The van der Waals surface area contributed by atoms with Gasteiger partial charge in [0.15, 0.2) is 0 Å². The molecule has 0 saturated carbocycles. The lowest BCUT2D eigenvalue weighted by Crippen LogP contribution is -2.38. The molecule has 0 bridgehead atoms. The minimum Gasteiger partial charge on any atom is -0.535 e. The molecular formula is C20H28BNO6. The van der Waals surface area contributed by atoms with Gasteiger partial charge in [0.2, 0.25) is 0 Å². The van der Waals surface area contributed by atoms with E-state index >= 15 is 0 Å². The average molecular weight is 389 g/mol. The number of ether oxygens (including phenoxy) is 2. The van der Waals surface area contributed by atoms with Crippen molar-refractivity contribution in [2.45, 2.75) is 38.4 Å². The van der Waals surface area contributed by atoms with E-state index in [1.54, 1.807) is 12.1 Å². The third-order valence-corrected chi connectivity index (χ3v) is 5.20. The van der Waals surface area contributed by atoms with Gasteiger partial charge in [-0.05, 0) is 24.5 Å². The van der Waals surface area contributed by atoms with Crippen LogP contribution in [0.2, 0.25) is 5.82 Å². The number of carbonyl (C=O) groups is 2. The largest absolute Gasteiger partial charge is 0.535 e. The van der Waals surface area contributed by atoms with Crippen molar-refractivity contribution in [3.05, 3.63) is 29.3 Å². The van der Waals surface area contributed by atoms with Gasteiger partial charge in [-0.15, -0.1) is 0 Å². The van der Waals surface area contributed by atoms with Crippen LogP contribution in [0, 0.1) is 0 Å². The van der Waals surface area contributed by atoms with E-state index in [0.29, 0.717) is 50.5 Å². The van der Waals surface area contributed by atoms with Crippen molar-refractivity contribution in [3.63, 3.8) is 0 Å². The maximum atomic E-state index is 12.5. The van der Waals surface area contributed by atoms with Gasteiger partial charge < -0.3 is 19.2 Å². The molecule has 1 saturated heterocycles. The fourth-order valence-electron chi connectivity index (χ4n) is 3.66. The molecule has 1 N–H and O–H groups in total. The highest BCUT2D eigenvalue weighted by atomic mass is 16.5. The average Bonchev–Trinajstić information content (AvgIpc) is 2.69. The standard InChI is InChI=1S/C20H28BNO6/c1-2-4-17(23)14-16-13-15-5-3-6-18(19(15)28-21(16)25)20(24)27-12-9-22-7-10-26-11-8-22/h3,5-6,16,25H,2,4,7-14H2,1H3/t16-/m1/s1. The molecule has 8 heteroatoms. The lowest BCUT2D eigenvalue weighted by Gasteiger charge is -2.28. The normalized spacial score (nSPS) is 19.6. The molecule has 7 nitrogen and oxygen atoms in total. The van der Waals surface area contributed by atoms with E-state index in [1.165, 1.54) is 0 Å². The van der Waals surface area contributed by atoms with Gasteiger partial charge in [-0.2, -0.15) is 0 Å². The zero-order chi connectivity index (χ0) is 19.9. The molecule has 1 fully saturated rings. The molecule has 2 aliphatic rings. The predicted molar refractivity (Wildman–Crippen MR) is 105 cm³/mol. The first-order valence-corrected chi connectivity index (χ1v) is 10.0. The molecular weight excluding hydrogens is 361 g/mol. The maximum absolute atomic E-state index is 12.5. The summed E-state index contributed by atoms with van der Waals surface area (Å²) in [6.07, 6.45) is 2.08. The first-order chi connectivity index (χ1) is 13.6. The molecule has 0 amide bonds. The van der Waals surface area contributed by atoms with Gasteiger partial charge in [0, 0.05) is 38.3 Å². The highest BCUT2D eigenvalue weighted by Crippen LogP contribution is 2.36. The molecule has 28 heavy (non-hydrogen) atoms. The molecule has 2 aliphatic heterocycles. The Labute approximate surface area is 166 Å². The number of para-hydroxylation sites is 1. The summed E-state index contributed by atoms with van der Waals surface area (Å²) in [5, 5.41) is 10.3. The molecule has 1 aromatic carbocycles. The van der Waals surface area contributed by atoms with Crippen molar-refractivity contribution in [2.24, 2.45) is 0 Å². The van der Waals surface area contributed by atoms with E-state index in [1.807, 2.05) is 13.0 Å². The number of Topliss-reactive ketones (excluding diaryl/α,β-unsaturated/α-hetero) is 1. The molecule has 1 aromatic rings. The Kier molecular flexibility index (Phi) is 7.47. The van der Waals surface area contributed by atoms with E-state index in [2.05, 4.69) is 4.90 Å². The van der Waals surface area contributed by atoms with Gasteiger partial charge in [0.25, 0.3) is 0 Å². The van der Waals surface area contributed by atoms with Gasteiger partial charge in [-0.1, -0.05) is 19.1 Å². The summed E-state index contributed by atoms with van der Waals surface area (Å²) in [5.41, 5.74) is 1.14. The molecule has 0 unspecified atom stereocenters. The molecule has 2 heterocycles. The topological polar surface area (TPSA) is 85.3 Å². The van der Waals surface area contributed by atoms with Crippen LogP contribution in [0.5, 0.6) is 5.75 Å². The minimum atomic E-state index is -1.10. The first kappa shape index (κ1) is 20.8. The van der Waals surface area contributed by atoms with Crippen LogP contribution in [-0.2, 0) is 20.7 Å². The van der Waals surface area contributed by atoms with Crippen molar-refractivity contribution >= 4 is 18.9 Å². The van der Waals surface area contributed by atoms with Crippen LogP contribution in [0.4, 0.5) is 0 Å². The Bertz CT molecular complexity index is 691. The van der Waals surface area contributed by atoms with Crippen molar-refractivity contribution < 1.29 is 28.7 Å². The number of hydrogen-bond acceptors (Lipinski definition) is 7. The fourth-order valence-corrected chi connectivity index (χ4v) is 3.66. The van der Waals surface area contributed by atoms with Crippen LogP contribution in [0.25, 0.3) is 0 Å². The Morgan fingerprint density at radius 1 is 1.32 bits per heavy atom. The van der Waals surface area contributed by atoms with Gasteiger partial charge in [-0.25, -0.2) is 4.79 Å². The molecule has 152 valence electrons. The molecule has 1 atom stereocenters. The highest BCUT2D eigenvalue weighted by Gasteiger charge is 2.37. The number of benzene rings is 1. The summed E-state index contributed by atoms with van der Waals surface area (Å²) in [6, 6.07) is 5.29. The van der Waals surface area contributed by atoms with Crippen LogP contribution < -0.4 is 4.65 Å². The number of hydrogen-bond donors (Lipinski definition) is 1. The summed E-state index contributed by atoms with van der Waals surface area (Å²) in [7, 11) is -1.10. The molecule has 0 radical (unpaired) electrons. The zero-order valence-electron chi connectivity index (χ0n) is 16.4. The molecule has 0 aromatic heterocycles. The predicted octanol–water partition coefficient (Wildman–Crippen LogP) is 1.72. The maximum Gasteiger partial charge on any atom is 0.526 e. The Balaban J connectivity index is 1.60. The van der Waals surface area contributed by atoms with Gasteiger partial charge >= 0.3 is 13.1 Å². The number of esters is 1. The van der Waals surface area contributed by atoms with Crippen molar-refractivity contribution in [2.75, 3.05) is 39.5 Å². The molecule has 3 rings (SSSR count). The minimum absolute atomic E-state index is 0.122. The Morgan fingerprint density at radius 2 is 2.11 bits per heavy atom. The van der Waals surface area contributed by atoms with E-state index in [4.69, 9.17) is 14.1 Å². The van der Waals surface area contributed by atoms with Crippen molar-refractivity contribution in [1.29, 1.82) is 0 Å². The second-order valence-corrected chi connectivity index (χ2v) is 7.35. The van der Waals surface area contributed by atoms with E-state index in [0.717, 1.165) is 25.1 Å². The summed E-state index contributed by atoms with van der Waals surface area (Å²) in [5.74, 6) is -0.264. The van der Waals surface area contributed by atoms with Gasteiger partial charge in [0.1, 0.15) is 23.7 Å². The summed E-state index contributed by atoms with van der Waals surface area (Å²) >= 11 is 0. The lowest BCUT2D eigenvalue weighted by atomic mass is 9.64. The summed E-state index contributed by atoms with van der Waals surface area (Å²) in [4.78, 5) is 26.7. The first-order valence-electron chi connectivity index (χ1n) is 10.0. The second kappa shape index (κ2) is 10.0. The van der Waals surface area contributed by atoms with E-state index in [9.17, 15) is 14.6 Å². The Hall–Kier alpha value is -1.90. The zero-order valence-corrected chi connectivity index (χ0v) is 16.4. The third kappa shape index (κ3) is 5.34. The smallest absolute Gasteiger partial charge is 0.526 e. The van der Waals surface area contributed by atoms with Crippen molar-refractivity contribution in [1.82, 2.24) is 4.90 Å². The van der Waals surface area contributed by atoms with Gasteiger partial charge in [0.05, 0.1) is 13.2 Å². The second-order valence-electron chi connectivity index (χ2n) is 7.35. The monoisotopic (exact) mass is 389 g/mol. The summed E-state index contributed by atoms with van der Waals surface area (Å²) < 4.78 is 16.4. The third-order valence-electron chi connectivity index (χ3n) is 5.20. The van der Waals surface area contributed by atoms with Crippen LogP contribution in [0.1, 0.15) is 42.1 Å². The van der Waals surface area contributed by atoms with Crippen molar-refractivity contribution in [3.8, 4) is 5.75 Å². The van der Waals surface area contributed by atoms with E-state index < -0.39 is 13.1 Å². The SMILES string of the molecule is CCCC(=O)C[C@H]1Cc2cccc(C(=O)OCCN3CCOCC3)c2OB1O. The van der Waals surface area contributed by atoms with Gasteiger partial charge in [-0.3, -0.25) is 9.69 Å². The number of ketones is 1. The van der Waals surface area contributed by atoms with E-state index in [-0.39, 0.29) is 18.0 Å². The highest BCUT2D eigenvalue weighted by molar-refractivity contribution is 6.47. The van der Waals surface area contributed by atoms with Crippen LogP contribution in [-0.4, -0.2) is 68.2 Å². The number of fused-ring (bicyclic) bond motifs is 1. The fraction of sp³-hybridized carbons (Fsp3) is 0.600. The number of rotatable bonds is 8. The van der Waals surface area contributed by atoms with Crippen LogP contribution in [0.15, 0.2) is 18.2 Å². The van der Waals surface area contributed by atoms with Crippen LogP contribution >= 0.6 is 0 Å². The molecule has 0 aliphatic carbocycles. The molecule has 0 spiro atoms. The number of nitrogens with zero attached hydrogens (tertiary/aromatic N) is 1. The quantitative estimate of drug-likeness (QED) is 0.535. The lowest BCUT2D eigenvalue weighted by molar-refractivity contribution is -0.119. The van der Waals surface area contributed by atoms with Crippen LogP contribution in [0.3, 0.4) is 0 Å².